The summed E-state index contributed by atoms with van der Waals surface area (Å²) in [5.74, 6) is 1.16. The predicted octanol–water partition coefficient (Wildman–Crippen LogP) is 1.05. The Labute approximate surface area is 93.6 Å². The van der Waals surface area contributed by atoms with Crippen LogP contribution in [0.3, 0.4) is 0 Å². The molecule has 0 aliphatic heterocycles. The molecule has 0 aromatic heterocycles. The minimum atomic E-state index is -0.678. The molecule has 1 atom stereocenters. The Balaban J connectivity index is 2.62. The van der Waals surface area contributed by atoms with E-state index in [1.807, 2.05) is 0 Å². The Bertz CT molecular complexity index is 320. The average molecular weight is 232 g/mol. The first-order valence-electron chi connectivity index (χ1n) is 4.52. The lowest BCUT2D eigenvalue weighted by molar-refractivity contribution is 0.114. The molecule has 0 bridgehead atoms. The van der Waals surface area contributed by atoms with Crippen LogP contribution in [0.2, 0.25) is 5.02 Å². The van der Waals surface area contributed by atoms with Crippen LogP contribution in [0.25, 0.3) is 0 Å². The number of halogens is 1. The Hall–Kier alpha value is -0.970. The fourth-order valence-corrected chi connectivity index (χ4v) is 1.20. The lowest BCUT2D eigenvalue weighted by atomic mass is 10.3. The predicted molar refractivity (Wildman–Crippen MR) is 58.6 cm³/mol. The van der Waals surface area contributed by atoms with Gasteiger partial charge in [0, 0.05) is 12.6 Å². The Morgan fingerprint density at radius 2 is 2.27 bits per heavy atom. The van der Waals surface area contributed by atoms with Crippen LogP contribution in [0.1, 0.15) is 0 Å². The Morgan fingerprint density at radius 1 is 1.53 bits per heavy atom. The van der Waals surface area contributed by atoms with Gasteiger partial charge in [0.25, 0.3) is 0 Å². The molecule has 1 aromatic rings. The van der Waals surface area contributed by atoms with Crippen molar-refractivity contribution in [3.05, 3.63) is 23.2 Å². The highest BCUT2D eigenvalue weighted by Crippen LogP contribution is 2.28. The molecule has 15 heavy (non-hydrogen) atoms. The number of benzene rings is 1. The smallest absolute Gasteiger partial charge is 0.138 e. The highest BCUT2D eigenvalue weighted by atomic mass is 35.5. The Kier molecular flexibility index (Phi) is 4.68. The van der Waals surface area contributed by atoms with Crippen molar-refractivity contribution in [3.8, 4) is 11.5 Å². The molecule has 0 spiro atoms. The number of hydrogen-bond donors (Lipinski definition) is 2. The van der Waals surface area contributed by atoms with Gasteiger partial charge in [-0.1, -0.05) is 11.6 Å². The summed E-state index contributed by atoms with van der Waals surface area (Å²) in [5, 5.41) is 9.64. The summed E-state index contributed by atoms with van der Waals surface area (Å²) in [5.41, 5.74) is 5.24. The summed E-state index contributed by atoms with van der Waals surface area (Å²) in [4.78, 5) is 0. The van der Waals surface area contributed by atoms with Gasteiger partial charge < -0.3 is 20.3 Å². The van der Waals surface area contributed by atoms with E-state index in [1.54, 1.807) is 25.3 Å². The minimum absolute atomic E-state index is 0.128. The van der Waals surface area contributed by atoms with E-state index in [1.165, 1.54) is 0 Å². The van der Waals surface area contributed by atoms with Crippen molar-refractivity contribution in [1.29, 1.82) is 0 Å². The van der Waals surface area contributed by atoms with E-state index in [2.05, 4.69) is 0 Å². The first-order chi connectivity index (χ1) is 7.17. The third-order valence-electron chi connectivity index (χ3n) is 1.84. The van der Waals surface area contributed by atoms with Crippen molar-refractivity contribution >= 4 is 11.6 Å². The summed E-state index contributed by atoms with van der Waals surface area (Å²) in [7, 11) is 1.56. The molecule has 0 fully saturated rings. The third-order valence-corrected chi connectivity index (χ3v) is 2.14. The van der Waals surface area contributed by atoms with Crippen molar-refractivity contribution in [2.24, 2.45) is 5.73 Å². The average Bonchev–Trinajstić information content (AvgIpc) is 2.26. The fourth-order valence-electron chi connectivity index (χ4n) is 0.980. The van der Waals surface area contributed by atoms with Crippen molar-refractivity contribution in [2.45, 2.75) is 6.10 Å². The van der Waals surface area contributed by atoms with E-state index in [0.717, 1.165) is 0 Å². The highest BCUT2D eigenvalue weighted by molar-refractivity contribution is 6.32. The molecule has 0 radical (unpaired) electrons. The van der Waals surface area contributed by atoms with Crippen molar-refractivity contribution in [1.82, 2.24) is 0 Å². The second-order valence-corrected chi connectivity index (χ2v) is 3.40. The van der Waals surface area contributed by atoms with Gasteiger partial charge in [-0.2, -0.15) is 0 Å². The Morgan fingerprint density at radius 3 is 2.80 bits per heavy atom. The minimum Gasteiger partial charge on any atom is -0.497 e. The van der Waals surface area contributed by atoms with Crippen molar-refractivity contribution in [3.63, 3.8) is 0 Å². The van der Waals surface area contributed by atoms with Crippen LogP contribution < -0.4 is 15.2 Å². The van der Waals surface area contributed by atoms with E-state index >= 15 is 0 Å². The standard InChI is InChI=1S/C10H14ClNO3/c1-14-8-2-3-10(9(11)4-8)15-6-7(13)5-12/h2-4,7,13H,5-6,12H2,1H3. The zero-order valence-corrected chi connectivity index (χ0v) is 9.20. The zero-order chi connectivity index (χ0) is 11.3. The molecule has 4 nitrogen and oxygen atoms in total. The van der Waals surface area contributed by atoms with E-state index in [0.29, 0.717) is 16.5 Å². The molecule has 0 saturated carbocycles. The monoisotopic (exact) mass is 231 g/mol. The summed E-state index contributed by atoms with van der Waals surface area (Å²) < 4.78 is 10.3. The van der Waals surface area contributed by atoms with Crippen LogP contribution in [-0.4, -0.2) is 31.5 Å². The molecule has 0 saturated heterocycles. The molecule has 0 aliphatic rings. The molecule has 3 N–H and O–H groups in total. The molecule has 1 rings (SSSR count). The van der Waals surface area contributed by atoms with Crippen LogP contribution in [0.5, 0.6) is 11.5 Å². The summed E-state index contributed by atoms with van der Waals surface area (Å²) >= 11 is 5.92. The zero-order valence-electron chi connectivity index (χ0n) is 8.44. The number of nitrogens with two attached hydrogens (primary N) is 1. The SMILES string of the molecule is COc1ccc(OCC(O)CN)c(Cl)c1. The van der Waals surface area contributed by atoms with Gasteiger partial charge in [-0.05, 0) is 12.1 Å². The lowest BCUT2D eigenvalue weighted by Crippen LogP contribution is -2.26. The second-order valence-electron chi connectivity index (χ2n) is 3.00. The second kappa shape index (κ2) is 5.80. The van der Waals surface area contributed by atoms with E-state index in [9.17, 15) is 5.11 Å². The van der Waals surface area contributed by atoms with Crippen LogP contribution >= 0.6 is 11.6 Å². The first kappa shape index (κ1) is 12.1. The van der Waals surface area contributed by atoms with Gasteiger partial charge in [0.1, 0.15) is 24.2 Å². The maximum Gasteiger partial charge on any atom is 0.138 e. The van der Waals surface area contributed by atoms with Crippen LogP contribution in [0.15, 0.2) is 18.2 Å². The number of hydrogen-bond acceptors (Lipinski definition) is 4. The van der Waals surface area contributed by atoms with Crippen LogP contribution in [0, 0.1) is 0 Å². The van der Waals surface area contributed by atoms with Crippen molar-refractivity contribution in [2.75, 3.05) is 20.3 Å². The van der Waals surface area contributed by atoms with Crippen LogP contribution in [0.4, 0.5) is 0 Å². The van der Waals surface area contributed by atoms with Gasteiger partial charge in [0.2, 0.25) is 0 Å². The molecule has 0 heterocycles. The highest BCUT2D eigenvalue weighted by Gasteiger charge is 2.06. The van der Waals surface area contributed by atoms with Crippen molar-refractivity contribution < 1.29 is 14.6 Å². The quantitative estimate of drug-likeness (QED) is 0.795. The third kappa shape index (κ3) is 3.58. The van der Waals surface area contributed by atoms with Gasteiger partial charge in [-0.15, -0.1) is 0 Å². The van der Waals surface area contributed by atoms with E-state index in [-0.39, 0.29) is 13.2 Å². The molecule has 84 valence electrons. The summed E-state index contributed by atoms with van der Waals surface area (Å²) in [6, 6.07) is 5.06. The number of aliphatic hydroxyl groups excluding tert-OH is 1. The van der Waals surface area contributed by atoms with Gasteiger partial charge in [0.15, 0.2) is 0 Å². The van der Waals surface area contributed by atoms with Gasteiger partial charge in [-0.3, -0.25) is 0 Å². The normalized spacial score (nSPS) is 12.3. The molecular formula is C10H14ClNO3. The van der Waals surface area contributed by atoms with Gasteiger partial charge >= 0.3 is 0 Å². The number of rotatable bonds is 5. The number of methoxy groups -OCH3 is 1. The maximum absolute atomic E-state index is 9.19. The molecule has 0 amide bonds. The molecule has 0 aliphatic carbocycles. The number of aliphatic hydroxyl groups is 1. The topological polar surface area (TPSA) is 64.7 Å². The van der Waals surface area contributed by atoms with Gasteiger partial charge in [0.05, 0.1) is 12.1 Å². The molecule has 5 heteroatoms. The van der Waals surface area contributed by atoms with E-state index in [4.69, 9.17) is 26.8 Å². The first-order valence-corrected chi connectivity index (χ1v) is 4.89. The largest absolute Gasteiger partial charge is 0.497 e. The molecule has 1 unspecified atom stereocenters. The van der Waals surface area contributed by atoms with Crippen LogP contribution in [-0.2, 0) is 0 Å². The number of ether oxygens (including phenoxy) is 2. The fraction of sp³-hybridized carbons (Fsp3) is 0.400. The lowest BCUT2D eigenvalue weighted by Gasteiger charge is -2.11. The summed E-state index contributed by atoms with van der Waals surface area (Å²) in [6.45, 7) is 0.288. The molecule has 1 aromatic carbocycles. The van der Waals surface area contributed by atoms with Gasteiger partial charge in [-0.25, -0.2) is 0 Å². The maximum atomic E-state index is 9.19. The molecular weight excluding hydrogens is 218 g/mol. The summed E-state index contributed by atoms with van der Waals surface area (Å²) in [6.07, 6.45) is -0.678. The van der Waals surface area contributed by atoms with E-state index < -0.39 is 6.10 Å².